The summed E-state index contributed by atoms with van der Waals surface area (Å²) >= 11 is 0. The van der Waals surface area contributed by atoms with E-state index < -0.39 is 11.6 Å². The van der Waals surface area contributed by atoms with Gasteiger partial charge < -0.3 is 10.1 Å². The van der Waals surface area contributed by atoms with Crippen LogP contribution in [0.2, 0.25) is 0 Å². The zero-order valence-corrected chi connectivity index (χ0v) is 9.59. The number of hydrogen-bond donors (Lipinski definition) is 1. The Morgan fingerprint density at radius 3 is 2.75 bits per heavy atom. The van der Waals surface area contributed by atoms with Crippen molar-refractivity contribution < 1.29 is 13.5 Å². The lowest BCUT2D eigenvalue weighted by atomic mass is 10.2. The Morgan fingerprint density at radius 2 is 2.12 bits per heavy atom. The largest absolute Gasteiger partial charge is 0.490 e. The summed E-state index contributed by atoms with van der Waals surface area (Å²) in [6.45, 7) is 6.15. The van der Waals surface area contributed by atoms with Crippen molar-refractivity contribution in [1.82, 2.24) is 5.32 Å². The van der Waals surface area contributed by atoms with Crippen LogP contribution in [0.4, 0.5) is 8.78 Å². The van der Waals surface area contributed by atoms with E-state index >= 15 is 0 Å². The van der Waals surface area contributed by atoms with Crippen LogP contribution in [0, 0.1) is 17.6 Å². The van der Waals surface area contributed by atoms with Gasteiger partial charge >= 0.3 is 0 Å². The molecule has 4 heteroatoms. The molecule has 0 radical (unpaired) electrons. The molecule has 1 unspecified atom stereocenters. The smallest absolute Gasteiger partial charge is 0.167 e. The highest BCUT2D eigenvalue weighted by Gasteiger charge is 2.07. The Morgan fingerprint density at radius 1 is 1.38 bits per heavy atom. The third-order valence-corrected chi connectivity index (χ3v) is 2.16. The number of nitrogens with one attached hydrogen (secondary N) is 1. The fraction of sp³-hybridized carbons (Fsp3) is 0.500. The normalized spacial score (nSPS) is 12.5. The number of ether oxygens (including phenoxy) is 1. The van der Waals surface area contributed by atoms with E-state index in [9.17, 15) is 8.78 Å². The van der Waals surface area contributed by atoms with Crippen LogP contribution in [0.15, 0.2) is 18.2 Å². The molecular formula is C12H17F2NO. The van der Waals surface area contributed by atoms with Gasteiger partial charge in [0.05, 0.1) is 6.61 Å². The van der Waals surface area contributed by atoms with Crippen LogP contribution in [0.3, 0.4) is 0 Å². The average molecular weight is 229 g/mol. The molecule has 90 valence electrons. The van der Waals surface area contributed by atoms with Gasteiger partial charge in [-0.05, 0) is 18.7 Å². The second kappa shape index (κ2) is 6.43. The highest BCUT2D eigenvalue weighted by Crippen LogP contribution is 2.18. The molecule has 1 rings (SSSR count). The molecule has 0 heterocycles. The van der Waals surface area contributed by atoms with Crippen molar-refractivity contribution in [2.45, 2.75) is 13.8 Å². The maximum atomic E-state index is 13.2. The molecule has 0 saturated heterocycles. The van der Waals surface area contributed by atoms with Crippen molar-refractivity contribution >= 4 is 0 Å². The first-order valence-corrected chi connectivity index (χ1v) is 5.42. The van der Waals surface area contributed by atoms with Crippen LogP contribution in [-0.4, -0.2) is 19.7 Å². The number of hydrogen-bond acceptors (Lipinski definition) is 2. The zero-order chi connectivity index (χ0) is 12.0. The van der Waals surface area contributed by atoms with Gasteiger partial charge in [0.1, 0.15) is 5.82 Å². The van der Waals surface area contributed by atoms with Crippen LogP contribution in [0.5, 0.6) is 5.75 Å². The van der Waals surface area contributed by atoms with E-state index in [1.807, 2.05) is 13.8 Å². The molecule has 0 aliphatic carbocycles. The summed E-state index contributed by atoms with van der Waals surface area (Å²) in [5.41, 5.74) is 0. The third kappa shape index (κ3) is 4.14. The topological polar surface area (TPSA) is 21.3 Å². The average Bonchev–Trinajstić information content (AvgIpc) is 2.25. The van der Waals surface area contributed by atoms with Gasteiger partial charge in [0.15, 0.2) is 11.6 Å². The van der Waals surface area contributed by atoms with Crippen molar-refractivity contribution in [1.29, 1.82) is 0 Å². The SMILES string of the molecule is CCNCC(C)COc1ccc(F)cc1F. The van der Waals surface area contributed by atoms with E-state index in [-0.39, 0.29) is 11.7 Å². The van der Waals surface area contributed by atoms with Gasteiger partial charge in [-0.15, -0.1) is 0 Å². The molecule has 0 aromatic heterocycles. The molecule has 1 N–H and O–H groups in total. The van der Waals surface area contributed by atoms with Gasteiger partial charge in [0.25, 0.3) is 0 Å². The Balaban J connectivity index is 2.42. The predicted octanol–water partition coefficient (Wildman–Crippen LogP) is 2.59. The molecule has 16 heavy (non-hydrogen) atoms. The maximum absolute atomic E-state index is 13.2. The first-order valence-electron chi connectivity index (χ1n) is 5.42. The van der Waals surface area contributed by atoms with Gasteiger partial charge in [-0.2, -0.15) is 0 Å². The minimum atomic E-state index is -0.657. The lowest BCUT2D eigenvalue weighted by Crippen LogP contribution is -2.24. The second-order valence-electron chi connectivity index (χ2n) is 3.80. The summed E-state index contributed by atoms with van der Waals surface area (Å²) in [5, 5.41) is 3.17. The summed E-state index contributed by atoms with van der Waals surface area (Å²) in [6, 6.07) is 3.32. The molecule has 0 saturated carbocycles. The third-order valence-electron chi connectivity index (χ3n) is 2.16. The predicted molar refractivity (Wildman–Crippen MR) is 59.6 cm³/mol. The molecule has 1 aromatic carbocycles. The van der Waals surface area contributed by atoms with E-state index in [0.29, 0.717) is 6.61 Å². The van der Waals surface area contributed by atoms with Crippen molar-refractivity contribution in [2.75, 3.05) is 19.7 Å². The molecule has 2 nitrogen and oxygen atoms in total. The van der Waals surface area contributed by atoms with Gasteiger partial charge in [0.2, 0.25) is 0 Å². The lowest BCUT2D eigenvalue weighted by Gasteiger charge is -2.13. The van der Waals surface area contributed by atoms with E-state index in [4.69, 9.17) is 4.74 Å². The maximum Gasteiger partial charge on any atom is 0.167 e. The van der Waals surface area contributed by atoms with Crippen LogP contribution < -0.4 is 10.1 Å². The zero-order valence-electron chi connectivity index (χ0n) is 9.59. The Kier molecular flexibility index (Phi) is 5.19. The minimum absolute atomic E-state index is 0.102. The standard InChI is InChI=1S/C12H17F2NO/c1-3-15-7-9(2)8-16-12-5-4-10(13)6-11(12)14/h4-6,9,15H,3,7-8H2,1-2H3. The van der Waals surface area contributed by atoms with E-state index in [0.717, 1.165) is 19.2 Å². The first kappa shape index (κ1) is 12.9. The molecule has 0 aliphatic heterocycles. The van der Waals surface area contributed by atoms with E-state index in [1.54, 1.807) is 0 Å². The Hall–Kier alpha value is -1.16. The molecule has 0 fully saturated rings. The molecule has 0 amide bonds. The van der Waals surface area contributed by atoms with Crippen LogP contribution in [0.25, 0.3) is 0 Å². The molecule has 0 aliphatic rings. The summed E-state index contributed by atoms with van der Waals surface area (Å²) < 4.78 is 31.0. The number of halogens is 2. The second-order valence-corrected chi connectivity index (χ2v) is 3.80. The number of benzene rings is 1. The Labute approximate surface area is 94.6 Å². The van der Waals surface area contributed by atoms with E-state index in [2.05, 4.69) is 5.32 Å². The van der Waals surface area contributed by atoms with Gasteiger partial charge in [-0.3, -0.25) is 0 Å². The van der Waals surface area contributed by atoms with Crippen LogP contribution in [0.1, 0.15) is 13.8 Å². The van der Waals surface area contributed by atoms with E-state index in [1.165, 1.54) is 12.1 Å². The van der Waals surface area contributed by atoms with Crippen LogP contribution >= 0.6 is 0 Å². The van der Waals surface area contributed by atoms with Gasteiger partial charge in [-0.25, -0.2) is 8.78 Å². The summed E-state index contributed by atoms with van der Waals surface area (Å²) in [7, 11) is 0. The monoisotopic (exact) mass is 229 g/mol. The van der Waals surface area contributed by atoms with Crippen molar-refractivity contribution in [2.24, 2.45) is 5.92 Å². The fourth-order valence-corrected chi connectivity index (χ4v) is 1.27. The molecule has 1 atom stereocenters. The molecule has 0 spiro atoms. The van der Waals surface area contributed by atoms with Crippen LogP contribution in [-0.2, 0) is 0 Å². The van der Waals surface area contributed by atoms with Crippen molar-refractivity contribution in [3.63, 3.8) is 0 Å². The quantitative estimate of drug-likeness (QED) is 0.809. The van der Waals surface area contributed by atoms with Gasteiger partial charge in [-0.1, -0.05) is 13.8 Å². The highest BCUT2D eigenvalue weighted by atomic mass is 19.1. The fourth-order valence-electron chi connectivity index (χ4n) is 1.27. The lowest BCUT2D eigenvalue weighted by molar-refractivity contribution is 0.245. The highest BCUT2D eigenvalue weighted by molar-refractivity contribution is 5.24. The summed E-state index contributed by atoms with van der Waals surface area (Å²) in [4.78, 5) is 0. The summed E-state index contributed by atoms with van der Waals surface area (Å²) in [6.07, 6.45) is 0. The number of rotatable bonds is 6. The first-order chi connectivity index (χ1) is 7.63. The van der Waals surface area contributed by atoms with Crippen molar-refractivity contribution in [3.8, 4) is 5.75 Å². The molecule has 0 bridgehead atoms. The summed E-state index contributed by atoms with van der Waals surface area (Å²) in [5.74, 6) is -0.865. The minimum Gasteiger partial charge on any atom is -0.490 e. The Bertz CT molecular complexity index is 331. The molecular weight excluding hydrogens is 212 g/mol. The van der Waals surface area contributed by atoms with Crippen molar-refractivity contribution in [3.05, 3.63) is 29.8 Å². The molecule has 1 aromatic rings. The van der Waals surface area contributed by atoms with Gasteiger partial charge in [0, 0.05) is 18.5 Å².